The van der Waals surface area contributed by atoms with Gasteiger partial charge in [-0.2, -0.15) is 4.98 Å². The molecule has 0 spiro atoms. The first-order valence-corrected chi connectivity index (χ1v) is 4.87. The van der Waals surface area contributed by atoms with Gasteiger partial charge in [-0.1, -0.05) is 11.8 Å². The summed E-state index contributed by atoms with van der Waals surface area (Å²) >= 11 is 1.35. The first-order valence-electron chi connectivity index (χ1n) is 3.65. The highest BCUT2D eigenvalue weighted by Gasteiger charge is 2.07. The molecule has 0 atom stereocenters. The molecule has 0 unspecified atom stereocenters. The zero-order valence-electron chi connectivity index (χ0n) is 7.03. The fraction of sp³-hybridized carbons (Fsp3) is 0.429. The van der Waals surface area contributed by atoms with E-state index in [0.29, 0.717) is 10.9 Å². The minimum atomic E-state index is -1.14. The number of carboxylic acids is 1. The van der Waals surface area contributed by atoms with Crippen LogP contribution in [0.5, 0.6) is 5.88 Å². The molecule has 0 amide bonds. The third-order valence-corrected chi connectivity index (χ3v) is 2.09. The number of hydrogen-bond acceptors (Lipinski definition) is 5. The molecule has 1 heterocycles. The van der Waals surface area contributed by atoms with Crippen molar-refractivity contribution in [2.75, 3.05) is 6.26 Å². The van der Waals surface area contributed by atoms with Gasteiger partial charge in [0.05, 0.1) is 5.69 Å². The lowest BCUT2D eigenvalue weighted by Gasteiger charge is -1.99. The summed E-state index contributed by atoms with van der Waals surface area (Å²) in [5, 5.41) is 19.9. The Morgan fingerprint density at radius 3 is 2.92 bits per heavy atom. The van der Waals surface area contributed by atoms with Gasteiger partial charge in [0.15, 0.2) is 5.16 Å². The van der Waals surface area contributed by atoms with E-state index < -0.39 is 5.97 Å². The number of imidazole rings is 1. The van der Waals surface area contributed by atoms with Gasteiger partial charge in [-0.25, -0.2) is 0 Å². The van der Waals surface area contributed by atoms with Crippen LogP contribution in [0.2, 0.25) is 0 Å². The van der Waals surface area contributed by atoms with Crippen molar-refractivity contribution in [1.82, 2.24) is 9.97 Å². The number of nitrogens with one attached hydrogen (secondary N) is 1. The van der Waals surface area contributed by atoms with Gasteiger partial charge in [-0.15, -0.1) is 0 Å². The number of carbonyl (C=O) groups excluding carboxylic acids is 1. The summed E-state index contributed by atoms with van der Waals surface area (Å²) in [5.74, 6) is -1.27. The second kappa shape index (κ2) is 4.18. The summed E-state index contributed by atoms with van der Waals surface area (Å²) in [7, 11) is 0. The molecular weight excluding hydrogens is 192 g/mol. The van der Waals surface area contributed by atoms with Gasteiger partial charge in [0, 0.05) is 5.97 Å². The summed E-state index contributed by atoms with van der Waals surface area (Å²) in [6.07, 6.45) is 1.89. The highest BCUT2D eigenvalue weighted by atomic mass is 32.2. The van der Waals surface area contributed by atoms with Crippen molar-refractivity contribution in [1.29, 1.82) is 0 Å². The van der Waals surface area contributed by atoms with Gasteiger partial charge in [0.25, 0.3) is 0 Å². The average molecular weight is 201 g/mol. The molecule has 1 rings (SSSR count). The van der Waals surface area contributed by atoms with Crippen molar-refractivity contribution >= 4 is 17.7 Å². The predicted molar refractivity (Wildman–Crippen MR) is 45.4 cm³/mol. The largest absolute Gasteiger partial charge is 0.550 e. The van der Waals surface area contributed by atoms with Crippen LogP contribution in [0.15, 0.2) is 5.16 Å². The lowest BCUT2D eigenvalue weighted by molar-refractivity contribution is -0.305. The van der Waals surface area contributed by atoms with Crippen molar-refractivity contribution < 1.29 is 15.0 Å². The van der Waals surface area contributed by atoms with Crippen molar-refractivity contribution in [2.24, 2.45) is 0 Å². The third-order valence-electron chi connectivity index (χ3n) is 1.51. The smallest absolute Gasteiger partial charge is 0.233 e. The fourth-order valence-corrected chi connectivity index (χ4v) is 1.28. The molecule has 0 saturated carbocycles. The molecule has 72 valence electrons. The molecule has 0 aromatic carbocycles. The number of nitrogens with zero attached hydrogens (tertiary/aromatic N) is 1. The normalized spacial score (nSPS) is 10.2. The number of aromatic nitrogens is 2. The molecule has 0 aliphatic heterocycles. The molecule has 0 aliphatic rings. The summed E-state index contributed by atoms with van der Waals surface area (Å²) in [4.78, 5) is 16.7. The van der Waals surface area contributed by atoms with Crippen molar-refractivity contribution in [3.05, 3.63) is 5.69 Å². The van der Waals surface area contributed by atoms with Crippen molar-refractivity contribution in [2.45, 2.75) is 18.0 Å². The number of carbonyl (C=O) groups is 1. The maximum absolute atomic E-state index is 10.1. The molecule has 6 heteroatoms. The molecule has 0 fully saturated rings. The first kappa shape index (κ1) is 9.91. The Kier molecular flexibility index (Phi) is 3.18. The summed E-state index contributed by atoms with van der Waals surface area (Å²) in [6, 6.07) is 0. The Labute approximate surface area is 79.2 Å². The number of hydrogen-bond donors (Lipinski definition) is 2. The highest BCUT2D eigenvalue weighted by Crippen LogP contribution is 2.19. The molecule has 0 bridgehead atoms. The van der Waals surface area contributed by atoms with Crippen LogP contribution in [-0.2, 0) is 11.2 Å². The van der Waals surface area contributed by atoms with Crippen molar-refractivity contribution in [3.63, 3.8) is 0 Å². The summed E-state index contributed by atoms with van der Waals surface area (Å²) in [5.41, 5.74) is 0.438. The second-order valence-corrected chi connectivity index (χ2v) is 3.22. The van der Waals surface area contributed by atoms with Gasteiger partial charge in [-0.3, -0.25) is 0 Å². The minimum Gasteiger partial charge on any atom is -0.550 e. The van der Waals surface area contributed by atoms with Gasteiger partial charge >= 0.3 is 0 Å². The molecule has 13 heavy (non-hydrogen) atoms. The number of carboxylic acid groups (broad SMARTS) is 1. The molecule has 0 aliphatic carbocycles. The molecule has 1 aromatic heterocycles. The fourth-order valence-electron chi connectivity index (χ4n) is 0.875. The van der Waals surface area contributed by atoms with Gasteiger partial charge in [-0.05, 0) is 19.1 Å². The number of aliphatic carboxylic acids is 1. The molecule has 0 saturated heterocycles. The van der Waals surface area contributed by atoms with Crippen LogP contribution in [0.1, 0.15) is 12.1 Å². The van der Waals surface area contributed by atoms with E-state index >= 15 is 0 Å². The van der Waals surface area contributed by atoms with E-state index in [2.05, 4.69) is 9.97 Å². The Bertz CT molecular complexity index is 311. The lowest BCUT2D eigenvalue weighted by Crippen LogP contribution is -2.22. The van der Waals surface area contributed by atoms with Gasteiger partial charge in [0.1, 0.15) is 0 Å². The van der Waals surface area contributed by atoms with E-state index in [-0.39, 0.29) is 18.7 Å². The molecule has 1 aromatic rings. The van der Waals surface area contributed by atoms with E-state index in [1.54, 1.807) is 6.26 Å². The van der Waals surface area contributed by atoms with Crippen LogP contribution in [0, 0.1) is 0 Å². The zero-order chi connectivity index (χ0) is 9.84. The van der Waals surface area contributed by atoms with Crippen LogP contribution in [0.25, 0.3) is 0 Å². The maximum Gasteiger partial charge on any atom is 0.233 e. The molecule has 0 radical (unpaired) electrons. The predicted octanol–water partition coefficient (Wildman–Crippen LogP) is -0.480. The van der Waals surface area contributed by atoms with Crippen LogP contribution in [0.4, 0.5) is 0 Å². The number of H-pyrrole nitrogens is 1. The van der Waals surface area contributed by atoms with Gasteiger partial charge < -0.3 is 20.0 Å². The molecule has 5 nitrogen and oxygen atoms in total. The summed E-state index contributed by atoms with van der Waals surface area (Å²) in [6.45, 7) is 0. The molecular formula is C7H9N2O3S-. The Hall–Kier alpha value is -1.17. The highest BCUT2D eigenvalue weighted by molar-refractivity contribution is 7.98. The SMILES string of the molecule is CSc1nc(O)c(CCC(=O)[O-])[nH]1. The summed E-state index contributed by atoms with van der Waals surface area (Å²) < 4.78 is 0. The van der Waals surface area contributed by atoms with Crippen molar-refractivity contribution in [3.8, 4) is 5.88 Å². The molecule has 2 N–H and O–H groups in total. The number of aromatic hydroxyl groups is 1. The quantitative estimate of drug-likeness (QED) is 0.642. The average Bonchev–Trinajstić information content (AvgIpc) is 2.43. The maximum atomic E-state index is 10.1. The van der Waals surface area contributed by atoms with E-state index in [1.807, 2.05) is 0 Å². The van der Waals surface area contributed by atoms with E-state index in [4.69, 9.17) is 0 Å². The van der Waals surface area contributed by atoms with Gasteiger partial charge in [0.2, 0.25) is 5.88 Å². The van der Waals surface area contributed by atoms with Crippen LogP contribution >= 0.6 is 11.8 Å². The second-order valence-electron chi connectivity index (χ2n) is 2.42. The lowest BCUT2D eigenvalue weighted by atomic mass is 10.2. The number of rotatable bonds is 4. The minimum absolute atomic E-state index is 0.121. The Morgan fingerprint density at radius 2 is 2.46 bits per heavy atom. The Morgan fingerprint density at radius 1 is 1.77 bits per heavy atom. The first-order chi connectivity index (χ1) is 6.13. The topological polar surface area (TPSA) is 89.0 Å². The van der Waals surface area contributed by atoms with E-state index in [1.165, 1.54) is 11.8 Å². The number of thioether (sulfide) groups is 1. The number of aromatic amines is 1. The van der Waals surface area contributed by atoms with E-state index in [9.17, 15) is 15.0 Å². The van der Waals surface area contributed by atoms with Crippen LogP contribution in [-0.4, -0.2) is 27.3 Å². The van der Waals surface area contributed by atoms with Crippen LogP contribution in [0.3, 0.4) is 0 Å². The standard InChI is InChI=1S/C7H10N2O3S/c1-13-7-8-4(6(12)9-7)2-3-5(10)11/h12H,2-3H2,1H3,(H,8,9)(H,10,11)/p-1. The Balaban J connectivity index is 2.65. The zero-order valence-corrected chi connectivity index (χ0v) is 7.85. The van der Waals surface area contributed by atoms with E-state index in [0.717, 1.165) is 0 Å². The third kappa shape index (κ3) is 2.66. The number of aryl methyl sites for hydroxylation is 1. The van der Waals surface area contributed by atoms with Crippen LogP contribution < -0.4 is 5.11 Å². The monoisotopic (exact) mass is 201 g/mol.